The Hall–Kier alpha value is -2.97. The van der Waals surface area contributed by atoms with Crippen molar-refractivity contribution in [2.24, 2.45) is 0 Å². The molecule has 0 radical (unpaired) electrons. The number of nitrogens with one attached hydrogen (secondary N) is 1. The topological polar surface area (TPSA) is 86.3 Å². The fourth-order valence-corrected chi connectivity index (χ4v) is 3.56. The van der Waals surface area contributed by atoms with Crippen LogP contribution in [0.25, 0.3) is 10.8 Å². The molecule has 3 aromatic rings. The third kappa shape index (κ3) is 5.80. The summed E-state index contributed by atoms with van der Waals surface area (Å²) >= 11 is 3.53. The molecule has 1 unspecified atom stereocenters. The van der Waals surface area contributed by atoms with Gasteiger partial charge in [-0.05, 0) is 44.9 Å². The van der Waals surface area contributed by atoms with Crippen LogP contribution in [0.3, 0.4) is 0 Å². The van der Waals surface area contributed by atoms with E-state index < -0.39 is 6.10 Å². The highest BCUT2D eigenvalue weighted by molar-refractivity contribution is 9.10. The van der Waals surface area contributed by atoms with Crippen LogP contribution in [0.15, 0.2) is 59.1 Å². The van der Waals surface area contributed by atoms with Crippen molar-refractivity contribution in [3.05, 3.63) is 59.1 Å². The van der Waals surface area contributed by atoms with Crippen LogP contribution < -0.4 is 24.3 Å². The standard InChI is InChI=1S/C23H24BrNO6/c1-28-19-8-5-9-20(29-2)23(19)31-13-16(26)12-25-21(27)14-30-18-11-10-15-6-3-4-7-17(15)22(18)24/h3-11,16,26H,12-14H2,1-2H3,(H,25,27). The van der Waals surface area contributed by atoms with Crippen molar-refractivity contribution < 1.29 is 28.8 Å². The lowest BCUT2D eigenvalue weighted by atomic mass is 10.1. The number of amides is 1. The minimum Gasteiger partial charge on any atom is -0.493 e. The van der Waals surface area contributed by atoms with E-state index in [4.69, 9.17) is 18.9 Å². The molecule has 3 rings (SSSR count). The molecule has 0 aromatic heterocycles. The van der Waals surface area contributed by atoms with Crippen molar-refractivity contribution in [1.82, 2.24) is 5.32 Å². The van der Waals surface area contributed by atoms with E-state index in [1.807, 2.05) is 36.4 Å². The number of benzene rings is 3. The van der Waals surface area contributed by atoms with Crippen molar-refractivity contribution in [2.45, 2.75) is 6.10 Å². The Morgan fingerprint density at radius 1 is 0.968 bits per heavy atom. The molecular formula is C23H24BrNO6. The van der Waals surface area contributed by atoms with Crippen molar-refractivity contribution in [3.63, 3.8) is 0 Å². The maximum absolute atomic E-state index is 12.1. The van der Waals surface area contributed by atoms with Gasteiger partial charge in [-0.2, -0.15) is 0 Å². The number of methoxy groups -OCH3 is 2. The first-order valence-corrected chi connectivity index (χ1v) is 10.4. The SMILES string of the molecule is COc1cccc(OC)c1OCC(O)CNC(=O)COc1ccc2ccccc2c1Br. The average molecular weight is 490 g/mol. The summed E-state index contributed by atoms with van der Waals surface area (Å²) in [6.07, 6.45) is -0.925. The molecule has 0 spiro atoms. The van der Waals surface area contributed by atoms with Crippen molar-refractivity contribution >= 4 is 32.6 Å². The van der Waals surface area contributed by atoms with Crippen LogP contribution >= 0.6 is 15.9 Å². The minimum atomic E-state index is -0.925. The molecule has 0 saturated heterocycles. The van der Waals surface area contributed by atoms with E-state index in [9.17, 15) is 9.90 Å². The molecule has 0 bridgehead atoms. The highest BCUT2D eigenvalue weighted by Gasteiger charge is 2.15. The molecule has 0 aliphatic rings. The number of aliphatic hydroxyl groups excluding tert-OH is 1. The van der Waals surface area contributed by atoms with Gasteiger partial charge in [-0.3, -0.25) is 4.79 Å². The van der Waals surface area contributed by atoms with Crippen molar-refractivity contribution in [1.29, 1.82) is 0 Å². The lowest BCUT2D eigenvalue weighted by Crippen LogP contribution is -2.37. The zero-order valence-electron chi connectivity index (χ0n) is 17.3. The number of hydrogen-bond donors (Lipinski definition) is 2. The molecule has 3 aromatic carbocycles. The van der Waals surface area contributed by atoms with Gasteiger partial charge in [-0.25, -0.2) is 0 Å². The summed E-state index contributed by atoms with van der Waals surface area (Å²) in [5, 5.41) is 14.9. The maximum atomic E-state index is 12.1. The van der Waals surface area contributed by atoms with E-state index in [1.165, 1.54) is 14.2 Å². The molecule has 0 aliphatic heterocycles. The van der Waals surface area contributed by atoms with Crippen LogP contribution in [0.4, 0.5) is 0 Å². The Morgan fingerprint density at radius 2 is 1.68 bits per heavy atom. The Balaban J connectivity index is 1.47. The predicted molar refractivity (Wildman–Crippen MR) is 121 cm³/mol. The number of ether oxygens (including phenoxy) is 4. The normalized spacial score (nSPS) is 11.6. The third-order valence-electron chi connectivity index (χ3n) is 4.52. The molecule has 0 heterocycles. The predicted octanol–water partition coefficient (Wildman–Crippen LogP) is 3.55. The first-order chi connectivity index (χ1) is 15.0. The van der Waals surface area contributed by atoms with Gasteiger partial charge in [0, 0.05) is 6.54 Å². The van der Waals surface area contributed by atoms with Crippen LogP contribution in [0.1, 0.15) is 0 Å². The van der Waals surface area contributed by atoms with Crippen molar-refractivity contribution in [2.75, 3.05) is 34.0 Å². The van der Waals surface area contributed by atoms with Crippen LogP contribution in [0, 0.1) is 0 Å². The number of carbonyl (C=O) groups excluding carboxylic acids is 1. The van der Waals surface area contributed by atoms with Crippen LogP contribution in [0.2, 0.25) is 0 Å². The molecule has 0 saturated carbocycles. The first kappa shape index (κ1) is 22.7. The van der Waals surface area contributed by atoms with E-state index in [1.54, 1.807) is 18.2 Å². The highest BCUT2D eigenvalue weighted by Crippen LogP contribution is 2.36. The van der Waals surface area contributed by atoms with Crippen molar-refractivity contribution in [3.8, 4) is 23.0 Å². The summed E-state index contributed by atoms with van der Waals surface area (Å²) in [5.74, 6) is 1.59. The number of carbonyl (C=O) groups is 1. The maximum Gasteiger partial charge on any atom is 0.258 e. The second kappa shape index (κ2) is 10.9. The number of hydrogen-bond acceptors (Lipinski definition) is 6. The molecule has 164 valence electrons. The minimum absolute atomic E-state index is 0.0124. The number of para-hydroxylation sites is 1. The van der Waals surface area contributed by atoms with E-state index in [-0.39, 0.29) is 25.7 Å². The molecule has 1 amide bonds. The van der Waals surface area contributed by atoms with Gasteiger partial charge < -0.3 is 29.4 Å². The van der Waals surface area contributed by atoms with Crippen LogP contribution in [0.5, 0.6) is 23.0 Å². The smallest absolute Gasteiger partial charge is 0.258 e. The largest absolute Gasteiger partial charge is 0.493 e. The summed E-state index contributed by atoms with van der Waals surface area (Å²) < 4.78 is 22.6. The molecule has 31 heavy (non-hydrogen) atoms. The molecule has 0 aliphatic carbocycles. The number of aliphatic hydroxyl groups is 1. The summed E-state index contributed by atoms with van der Waals surface area (Å²) in [6.45, 7) is -0.211. The van der Waals surface area contributed by atoms with Gasteiger partial charge in [0.2, 0.25) is 5.75 Å². The van der Waals surface area contributed by atoms with Crippen LogP contribution in [-0.2, 0) is 4.79 Å². The van der Waals surface area contributed by atoms with Gasteiger partial charge in [0.25, 0.3) is 5.91 Å². The molecule has 7 nitrogen and oxygen atoms in total. The van der Waals surface area contributed by atoms with Gasteiger partial charge in [0.05, 0.1) is 18.7 Å². The Kier molecular flexibility index (Phi) is 7.97. The first-order valence-electron chi connectivity index (χ1n) is 9.62. The lowest BCUT2D eigenvalue weighted by molar-refractivity contribution is -0.123. The zero-order valence-corrected chi connectivity index (χ0v) is 18.8. The van der Waals surface area contributed by atoms with E-state index in [0.29, 0.717) is 23.0 Å². The second-order valence-electron chi connectivity index (χ2n) is 6.65. The quantitative estimate of drug-likeness (QED) is 0.452. The van der Waals surface area contributed by atoms with Gasteiger partial charge in [-0.1, -0.05) is 36.4 Å². The van der Waals surface area contributed by atoms with Gasteiger partial charge in [0.15, 0.2) is 18.1 Å². The lowest BCUT2D eigenvalue weighted by Gasteiger charge is -2.17. The zero-order chi connectivity index (χ0) is 22.2. The number of halogens is 1. The second-order valence-corrected chi connectivity index (χ2v) is 7.44. The molecular weight excluding hydrogens is 466 g/mol. The Morgan fingerprint density at radius 3 is 2.39 bits per heavy atom. The molecule has 8 heteroatoms. The summed E-state index contributed by atoms with van der Waals surface area (Å²) in [5.41, 5.74) is 0. The van der Waals surface area contributed by atoms with Gasteiger partial charge in [0.1, 0.15) is 18.5 Å². The van der Waals surface area contributed by atoms with E-state index in [2.05, 4.69) is 21.2 Å². The number of rotatable bonds is 10. The molecule has 1 atom stereocenters. The highest BCUT2D eigenvalue weighted by atomic mass is 79.9. The summed E-state index contributed by atoms with van der Waals surface area (Å²) in [6, 6.07) is 16.8. The summed E-state index contributed by atoms with van der Waals surface area (Å²) in [7, 11) is 3.04. The Bertz CT molecular complexity index is 1020. The average Bonchev–Trinajstić information content (AvgIpc) is 2.80. The number of fused-ring (bicyclic) bond motifs is 1. The summed E-state index contributed by atoms with van der Waals surface area (Å²) in [4.78, 5) is 12.1. The Labute approximate surface area is 189 Å². The third-order valence-corrected chi connectivity index (χ3v) is 5.34. The fourth-order valence-electron chi connectivity index (χ4n) is 2.95. The van der Waals surface area contributed by atoms with E-state index in [0.717, 1.165) is 15.2 Å². The van der Waals surface area contributed by atoms with Crippen LogP contribution in [-0.4, -0.2) is 51.1 Å². The monoisotopic (exact) mass is 489 g/mol. The van der Waals surface area contributed by atoms with E-state index >= 15 is 0 Å². The molecule has 2 N–H and O–H groups in total. The van der Waals surface area contributed by atoms with Gasteiger partial charge >= 0.3 is 0 Å². The van der Waals surface area contributed by atoms with Gasteiger partial charge in [-0.15, -0.1) is 0 Å². The fraction of sp³-hybridized carbons (Fsp3) is 0.261. The molecule has 0 fully saturated rings.